The molecule has 1 heterocycles. The van der Waals surface area contributed by atoms with Gasteiger partial charge in [0.25, 0.3) is 5.91 Å². The second-order valence-corrected chi connectivity index (χ2v) is 10.5. The first-order valence-electron chi connectivity index (χ1n) is 13.6. The molecule has 11 heteroatoms. The van der Waals surface area contributed by atoms with E-state index in [0.717, 1.165) is 0 Å². The van der Waals surface area contributed by atoms with Crippen LogP contribution in [-0.4, -0.2) is 72.2 Å². The summed E-state index contributed by atoms with van der Waals surface area (Å²) in [5.41, 5.74) is 6.69. The highest BCUT2D eigenvalue weighted by atomic mass is 16.6. The fraction of sp³-hybridized carbons (Fsp3) is 0.452. The van der Waals surface area contributed by atoms with Crippen molar-refractivity contribution in [3.05, 3.63) is 59.7 Å². The van der Waals surface area contributed by atoms with E-state index in [1.807, 2.05) is 13.8 Å². The maximum absolute atomic E-state index is 13.0. The van der Waals surface area contributed by atoms with Crippen LogP contribution in [0, 0.1) is 11.8 Å². The molecule has 0 aromatic heterocycles. The van der Waals surface area contributed by atoms with Crippen LogP contribution >= 0.6 is 0 Å². The normalized spacial score (nSPS) is 26.3. The molecule has 0 aliphatic carbocycles. The van der Waals surface area contributed by atoms with Crippen molar-refractivity contribution in [3.8, 4) is 11.5 Å². The number of aliphatic imine (C=N–C) groups is 1. The topological polar surface area (TPSA) is 173 Å². The lowest BCUT2D eigenvalue weighted by molar-refractivity contribution is -0.112. The lowest BCUT2D eigenvalue weighted by Crippen LogP contribution is -2.37. The minimum Gasteiger partial charge on any atom is -0.506 e. The number of phenols is 2. The average molecular weight is 586 g/mol. The molecule has 0 fully saturated rings. The minimum absolute atomic E-state index is 0.00774. The predicted octanol–water partition coefficient (Wildman–Crippen LogP) is 4.45. The number of carbonyl (C=O) groups excluding carboxylic acids is 2. The summed E-state index contributed by atoms with van der Waals surface area (Å²) in [5, 5.41) is 35.9. The van der Waals surface area contributed by atoms with E-state index in [4.69, 9.17) is 19.9 Å². The van der Waals surface area contributed by atoms with Crippen molar-refractivity contribution in [1.82, 2.24) is 0 Å². The van der Waals surface area contributed by atoms with Crippen LogP contribution in [0.3, 0.4) is 0 Å². The Morgan fingerprint density at radius 1 is 1.21 bits per heavy atom. The van der Waals surface area contributed by atoms with Crippen molar-refractivity contribution in [3.63, 3.8) is 0 Å². The van der Waals surface area contributed by atoms with Gasteiger partial charge in [0.05, 0.1) is 17.9 Å². The van der Waals surface area contributed by atoms with Gasteiger partial charge in [-0.25, -0.2) is 4.79 Å². The molecule has 0 spiro atoms. The number of methoxy groups -OCH3 is 2. The molecule has 2 rings (SSSR count). The zero-order valence-corrected chi connectivity index (χ0v) is 25.0. The van der Waals surface area contributed by atoms with Gasteiger partial charge < -0.3 is 40.6 Å². The van der Waals surface area contributed by atoms with Gasteiger partial charge in [0.15, 0.2) is 6.10 Å². The molecule has 1 aromatic rings. The van der Waals surface area contributed by atoms with Gasteiger partial charge in [-0.2, -0.15) is 0 Å². The van der Waals surface area contributed by atoms with Crippen LogP contribution in [0.1, 0.15) is 39.7 Å². The molecule has 42 heavy (non-hydrogen) atoms. The van der Waals surface area contributed by atoms with Gasteiger partial charge in [0, 0.05) is 43.6 Å². The molecule has 0 saturated carbocycles. The molecule has 6 N–H and O–H groups in total. The molecular formula is C31H43N3O8. The molecule has 0 saturated heterocycles. The SMILES string of the molecule is C=CC=Nc1c(O)cc2c(O)c1C[C@H](C)C[C@@H](OC)[C@@H](O)[C@H](C)C=C(C)[C@@H](OC(N)=O)[C@H](OC)C=CC=C(C)C(=O)N2. The number of benzene rings is 1. The summed E-state index contributed by atoms with van der Waals surface area (Å²) in [6.45, 7) is 10.6. The number of primary amides is 1. The van der Waals surface area contributed by atoms with Crippen LogP contribution < -0.4 is 11.1 Å². The highest BCUT2D eigenvalue weighted by Crippen LogP contribution is 2.44. The fourth-order valence-corrected chi connectivity index (χ4v) is 4.87. The summed E-state index contributed by atoms with van der Waals surface area (Å²) < 4.78 is 16.6. The van der Waals surface area contributed by atoms with Crippen molar-refractivity contribution in [2.45, 2.75) is 65.0 Å². The Kier molecular flexibility index (Phi) is 13.0. The Balaban J connectivity index is 2.69. The molecule has 230 valence electrons. The van der Waals surface area contributed by atoms with E-state index in [9.17, 15) is 24.9 Å². The van der Waals surface area contributed by atoms with Gasteiger partial charge in [-0.3, -0.25) is 9.79 Å². The fourth-order valence-electron chi connectivity index (χ4n) is 4.87. The molecule has 6 atom stereocenters. The molecule has 0 unspecified atom stereocenters. The summed E-state index contributed by atoms with van der Waals surface area (Å²) in [6, 6.07) is 1.23. The maximum Gasteiger partial charge on any atom is 0.405 e. The molecular weight excluding hydrogens is 542 g/mol. The van der Waals surface area contributed by atoms with Gasteiger partial charge in [0.1, 0.15) is 23.3 Å². The van der Waals surface area contributed by atoms with Crippen molar-refractivity contribution >= 4 is 29.6 Å². The van der Waals surface area contributed by atoms with Crippen molar-refractivity contribution < 1.29 is 39.1 Å². The van der Waals surface area contributed by atoms with Crippen LogP contribution in [0.25, 0.3) is 0 Å². The van der Waals surface area contributed by atoms with Crippen LogP contribution in [0.2, 0.25) is 0 Å². The molecule has 0 radical (unpaired) electrons. The number of hydrogen-bond donors (Lipinski definition) is 5. The van der Waals surface area contributed by atoms with Gasteiger partial charge in [0.2, 0.25) is 0 Å². The quantitative estimate of drug-likeness (QED) is 0.146. The molecule has 1 aromatic carbocycles. The monoisotopic (exact) mass is 585 g/mol. The molecule has 1 aliphatic rings. The Morgan fingerprint density at radius 3 is 2.50 bits per heavy atom. The van der Waals surface area contributed by atoms with E-state index in [-0.39, 0.29) is 40.8 Å². The van der Waals surface area contributed by atoms with E-state index in [2.05, 4.69) is 16.9 Å². The first-order valence-corrected chi connectivity index (χ1v) is 13.6. The number of ether oxygens (including phenoxy) is 3. The Bertz CT molecular complexity index is 1250. The first-order chi connectivity index (χ1) is 19.8. The van der Waals surface area contributed by atoms with Crippen LogP contribution in [0.5, 0.6) is 11.5 Å². The largest absolute Gasteiger partial charge is 0.506 e. The first kappa shape index (κ1) is 34.3. The number of nitrogens with two attached hydrogens (primary N) is 1. The van der Waals surface area contributed by atoms with Gasteiger partial charge >= 0.3 is 6.09 Å². The second kappa shape index (κ2) is 15.9. The lowest BCUT2D eigenvalue weighted by atomic mass is 9.87. The summed E-state index contributed by atoms with van der Waals surface area (Å²) in [7, 11) is 2.94. The van der Waals surface area contributed by atoms with Crippen LogP contribution in [0.15, 0.2) is 59.2 Å². The third-order valence-corrected chi connectivity index (χ3v) is 7.11. The third-order valence-electron chi connectivity index (χ3n) is 7.11. The predicted molar refractivity (Wildman–Crippen MR) is 162 cm³/mol. The van der Waals surface area contributed by atoms with Gasteiger partial charge in [-0.1, -0.05) is 50.8 Å². The third kappa shape index (κ3) is 9.04. The number of rotatable bonds is 5. The molecule has 11 nitrogen and oxygen atoms in total. The number of fused-ring (bicyclic) bond motifs is 2. The number of allylic oxidation sites excluding steroid dienone is 3. The Morgan fingerprint density at radius 2 is 1.90 bits per heavy atom. The van der Waals surface area contributed by atoms with E-state index >= 15 is 0 Å². The van der Waals surface area contributed by atoms with Gasteiger partial charge in [-0.15, -0.1) is 0 Å². The van der Waals surface area contributed by atoms with Crippen LogP contribution in [-0.2, 0) is 25.4 Å². The number of amides is 2. The molecule has 2 bridgehead atoms. The number of aliphatic hydroxyl groups is 1. The standard InChI is InChI=1S/C31H43N3O8/c1-8-12-33-26-21-13-17(2)14-25(41-7)27(36)19(4)15-20(5)29(42-31(32)39)24(40-6)11-9-10-18(3)30(38)34-22(28(21)37)16-23(26)35/h8-12,15-17,19,24-25,27,29,35-37H,1,13-14H2,2-7H3,(H2,32,39)(H,34,38)/t17-,19+,24+,25+,27-,29+/m0/s1. The summed E-state index contributed by atoms with van der Waals surface area (Å²) in [4.78, 5) is 29.0. The van der Waals surface area contributed by atoms with Crippen LogP contribution in [0.4, 0.5) is 16.2 Å². The highest BCUT2D eigenvalue weighted by Gasteiger charge is 2.30. The number of nitrogens with zero attached hydrogens (tertiary/aromatic N) is 1. The van der Waals surface area contributed by atoms with E-state index in [1.54, 1.807) is 32.1 Å². The average Bonchev–Trinajstić information content (AvgIpc) is 2.94. The number of nitrogens with one attached hydrogen (secondary N) is 1. The smallest absolute Gasteiger partial charge is 0.405 e. The highest BCUT2D eigenvalue weighted by molar-refractivity contribution is 6.04. The number of aliphatic hydroxyl groups excluding tert-OH is 1. The van der Waals surface area contributed by atoms with E-state index in [1.165, 1.54) is 38.7 Å². The van der Waals surface area contributed by atoms with Crippen molar-refractivity contribution in [1.29, 1.82) is 0 Å². The summed E-state index contributed by atoms with van der Waals surface area (Å²) in [5.74, 6) is -1.61. The molecule has 1 aliphatic heterocycles. The summed E-state index contributed by atoms with van der Waals surface area (Å²) >= 11 is 0. The summed E-state index contributed by atoms with van der Waals surface area (Å²) in [6.07, 6.45) is 5.69. The number of phenolic OH excluding ortho intramolecular Hbond substituents is 2. The van der Waals surface area contributed by atoms with E-state index in [0.29, 0.717) is 17.6 Å². The van der Waals surface area contributed by atoms with Crippen molar-refractivity contribution in [2.24, 2.45) is 22.6 Å². The van der Waals surface area contributed by atoms with E-state index < -0.39 is 42.3 Å². The maximum atomic E-state index is 13.0. The second-order valence-electron chi connectivity index (χ2n) is 10.5. The Labute approximate surface area is 247 Å². The number of aromatic hydroxyl groups is 2. The number of carbonyl (C=O) groups is 2. The zero-order valence-electron chi connectivity index (χ0n) is 25.0. The Hall–Kier alpha value is -3.93. The number of anilines is 1. The van der Waals surface area contributed by atoms with Crippen molar-refractivity contribution in [2.75, 3.05) is 19.5 Å². The molecule has 2 amide bonds. The number of hydrogen-bond acceptors (Lipinski definition) is 9. The lowest BCUT2D eigenvalue weighted by Gasteiger charge is -2.29. The zero-order chi connectivity index (χ0) is 31.6. The van der Waals surface area contributed by atoms with Gasteiger partial charge in [-0.05, 0) is 38.2 Å². The minimum atomic E-state index is -0.994.